The van der Waals surface area contributed by atoms with Gasteiger partial charge in [-0.15, -0.1) is 0 Å². The molecule has 1 aliphatic carbocycles. The first-order valence-electron chi connectivity index (χ1n) is 6.48. The van der Waals surface area contributed by atoms with Crippen LogP contribution in [0.3, 0.4) is 0 Å². The van der Waals surface area contributed by atoms with Gasteiger partial charge >= 0.3 is 0 Å². The van der Waals surface area contributed by atoms with Gasteiger partial charge in [-0.25, -0.2) is 0 Å². The molecule has 0 bridgehead atoms. The SMILES string of the molecule is CC[C@]1(c2cc(C)cc(C)c2)[C@@H]2CNC[C@@H]21. The second-order valence-corrected chi connectivity index (χ2v) is 5.64. The number of hydrogen-bond acceptors (Lipinski definition) is 1. The molecule has 1 nitrogen and oxygen atoms in total. The van der Waals surface area contributed by atoms with Crippen molar-refractivity contribution in [2.75, 3.05) is 13.1 Å². The molecule has 16 heavy (non-hydrogen) atoms. The first-order chi connectivity index (χ1) is 7.68. The van der Waals surface area contributed by atoms with Gasteiger partial charge in [0.1, 0.15) is 0 Å². The minimum absolute atomic E-state index is 0.516. The quantitative estimate of drug-likeness (QED) is 0.800. The van der Waals surface area contributed by atoms with Crippen molar-refractivity contribution >= 4 is 0 Å². The zero-order valence-corrected chi connectivity index (χ0v) is 10.5. The Morgan fingerprint density at radius 3 is 2.19 bits per heavy atom. The molecule has 0 aromatic heterocycles. The van der Waals surface area contributed by atoms with Gasteiger partial charge in [0.15, 0.2) is 0 Å². The summed E-state index contributed by atoms with van der Waals surface area (Å²) in [5.41, 5.74) is 4.95. The Labute approximate surface area is 98.3 Å². The van der Waals surface area contributed by atoms with E-state index in [1.807, 2.05) is 0 Å². The van der Waals surface area contributed by atoms with E-state index in [9.17, 15) is 0 Å². The van der Waals surface area contributed by atoms with E-state index < -0.39 is 0 Å². The van der Waals surface area contributed by atoms with Gasteiger partial charge in [0, 0.05) is 5.41 Å². The summed E-state index contributed by atoms with van der Waals surface area (Å²) in [5.74, 6) is 1.80. The maximum absolute atomic E-state index is 3.51. The number of fused-ring (bicyclic) bond motifs is 1. The number of aryl methyl sites for hydroxylation is 2. The standard InChI is InChI=1S/C15H21N/c1-4-15(13-8-16-9-14(13)15)12-6-10(2)5-11(3)7-12/h5-7,13-14,16H,4,8-9H2,1-3H3/t13-,14+,15+. The van der Waals surface area contributed by atoms with Crippen LogP contribution in [0.4, 0.5) is 0 Å². The summed E-state index contributed by atoms with van der Waals surface area (Å²) in [4.78, 5) is 0. The molecule has 3 atom stereocenters. The lowest BCUT2D eigenvalue weighted by atomic mass is 9.86. The highest BCUT2D eigenvalue weighted by Gasteiger charge is 2.65. The Kier molecular flexibility index (Phi) is 2.16. The van der Waals surface area contributed by atoms with Crippen LogP contribution in [0.5, 0.6) is 0 Å². The van der Waals surface area contributed by atoms with Crippen molar-refractivity contribution in [3.05, 3.63) is 34.9 Å². The third-order valence-electron chi connectivity index (χ3n) is 4.77. The summed E-state index contributed by atoms with van der Waals surface area (Å²) >= 11 is 0. The van der Waals surface area contributed by atoms with Crippen molar-refractivity contribution in [2.45, 2.75) is 32.6 Å². The van der Waals surface area contributed by atoms with Crippen LogP contribution in [-0.4, -0.2) is 13.1 Å². The maximum atomic E-state index is 3.51. The fourth-order valence-electron chi connectivity index (χ4n) is 4.05. The fourth-order valence-corrected chi connectivity index (χ4v) is 4.05. The Morgan fingerprint density at radius 2 is 1.69 bits per heavy atom. The molecule has 1 aromatic rings. The highest BCUT2D eigenvalue weighted by Crippen LogP contribution is 2.63. The van der Waals surface area contributed by atoms with Crippen molar-refractivity contribution in [1.82, 2.24) is 5.32 Å². The Balaban J connectivity index is 2.02. The molecule has 2 fully saturated rings. The van der Waals surface area contributed by atoms with Crippen molar-refractivity contribution in [3.63, 3.8) is 0 Å². The molecule has 0 unspecified atom stereocenters. The number of benzene rings is 1. The van der Waals surface area contributed by atoms with E-state index >= 15 is 0 Å². The van der Waals surface area contributed by atoms with Crippen molar-refractivity contribution < 1.29 is 0 Å². The molecule has 1 heteroatoms. The molecule has 86 valence electrons. The summed E-state index contributed by atoms with van der Waals surface area (Å²) in [6.45, 7) is 9.25. The van der Waals surface area contributed by atoms with E-state index in [1.54, 1.807) is 5.56 Å². The van der Waals surface area contributed by atoms with Gasteiger partial charge in [-0.3, -0.25) is 0 Å². The van der Waals surface area contributed by atoms with Crippen LogP contribution in [0, 0.1) is 25.7 Å². The zero-order chi connectivity index (χ0) is 11.3. The predicted octanol–water partition coefficient (Wildman–Crippen LogP) is 2.80. The molecule has 2 aliphatic rings. The van der Waals surface area contributed by atoms with Crippen LogP contribution >= 0.6 is 0 Å². The van der Waals surface area contributed by atoms with E-state index in [4.69, 9.17) is 0 Å². The summed E-state index contributed by atoms with van der Waals surface area (Å²) < 4.78 is 0. The van der Waals surface area contributed by atoms with Gasteiger partial charge in [-0.05, 0) is 50.8 Å². The molecule has 1 saturated heterocycles. The van der Waals surface area contributed by atoms with Crippen LogP contribution in [0.2, 0.25) is 0 Å². The van der Waals surface area contributed by atoms with Gasteiger partial charge in [0.25, 0.3) is 0 Å². The lowest BCUT2D eigenvalue weighted by molar-refractivity contribution is 0.502. The monoisotopic (exact) mass is 215 g/mol. The van der Waals surface area contributed by atoms with Gasteiger partial charge in [-0.2, -0.15) is 0 Å². The van der Waals surface area contributed by atoms with Crippen molar-refractivity contribution in [2.24, 2.45) is 11.8 Å². The van der Waals surface area contributed by atoms with Gasteiger partial charge in [-0.1, -0.05) is 36.2 Å². The van der Waals surface area contributed by atoms with Crippen LogP contribution in [-0.2, 0) is 5.41 Å². The summed E-state index contributed by atoms with van der Waals surface area (Å²) in [7, 11) is 0. The topological polar surface area (TPSA) is 12.0 Å². The van der Waals surface area contributed by atoms with Crippen molar-refractivity contribution in [1.29, 1.82) is 0 Å². The largest absolute Gasteiger partial charge is 0.316 e. The average Bonchev–Trinajstić information content (AvgIpc) is 2.62. The normalized spacial score (nSPS) is 36.2. The van der Waals surface area contributed by atoms with Gasteiger partial charge in [0.05, 0.1) is 0 Å². The summed E-state index contributed by atoms with van der Waals surface area (Å²) in [6.07, 6.45) is 1.30. The van der Waals surface area contributed by atoms with Gasteiger partial charge < -0.3 is 5.32 Å². The first-order valence-corrected chi connectivity index (χ1v) is 6.48. The van der Waals surface area contributed by atoms with Crippen molar-refractivity contribution in [3.8, 4) is 0 Å². The minimum atomic E-state index is 0.516. The lowest BCUT2D eigenvalue weighted by Gasteiger charge is -2.21. The van der Waals surface area contributed by atoms with E-state index in [0.29, 0.717) is 5.41 Å². The van der Waals surface area contributed by atoms with E-state index in [1.165, 1.54) is 30.6 Å². The third kappa shape index (κ3) is 1.21. The van der Waals surface area contributed by atoms with Crippen LogP contribution in [0.25, 0.3) is 0 Å². The van der Waals surface area contributed by atoms with E-state index in [-0.39, 0.29) is 0 Å². The minimum Gasteiger partial charge on any atom is -0.316 e. The zero-order valence-electron chi connectivity index (χ0n) is 10.5. The van der Waals surface area contributed by atoms with Gasteiger partial charge in [0.2, 0.25) is 0 Å². The highest BCUT2D eigenvalue weighted by molar-refractivity contribution is 5.42. The molecule has 3 rings (SSSR count). The summed E-state index contributed by atoms with van der Waals surface area (Å²) in [6, 6.07) is 7.10. The molecule has 1 heterocycles. The Bertz CT molecular complexity index is 391. The second-order valence-electron chi connectivity index (χ2n) is 5.64. The summed E-state index contributed by atoms with van der Waals surface area (Å²) in [5, 5.41) is 3.51. The molecule has 1 N–H and O–H groups in total. The Hall–Kier alpha value is -0.820. The van der Waals surface area contributed by atoms with E-state index in [0.717, 1.165) is 11.8 Å². The molecular formula is C15H21N. The van der Waals surface area contributed by atoms with E-state index in [2.05, 4.69) is 44.3 Å². The molecule has 1 saturated carbocycles. The molecule has 1 aromatic carbocycles. The second kappa shape index (κ2) is 3.33. The fraction of sp³-hybridized carbons (Fsp3) is 0.600. The maximum Gasteiger partial charge on any atom is 0.00381 e. The van der Waals surface area contributed by atoms with Crippen LogP contribution < -0.4 is 5.32 Å². The molecular weight excluding hydrogens is 194 g/mol. The smallest absolute Gasteiger partial charge is 0.00381 e. The lowest BCUT2D eigenvalue weighted by Crippen LogP contribution is -2.25. The first kappa shape index (κ1) is 10.3. The number of rotatable bonds is 2. The molecule has 0 radical (unpaired) electrons. The third-order valence-corrected chi connectivity index (χ3v) is 4.77. The van der Waals surface area contributed by atoms with Crippen LogP contribution in [0.15, 0.2) is 18.2 Å². The van der Waals surface area contributed by atoms with Crippen LogP contribution in [0.1, 0.15) is 30.0 Å². The average molecular weight is 215 g/mol. The number of hydrogen-bond donors (Lipinski definition) is 1. The molecule has 0 amide bonds. The number of piperidine rings is 1. The number of nitrogens with one attached hydrogen (secondary N) is 1. The Morgan fingerprint density at radius 1 is 1.12 bits per heavy atom. The molecule has 0 spiro atoms. The highest BCUT2D eigenvalue weighted by atomic mass is 15.0. The predicted molar refractivity (Wildman–Crippen MR) is 67.7 cm³/mol. The molecule has 1 aliphatic heterocycles.